The Labute approximate surface area is 152 Å². The molecule has 8 nitrogen and oxygen atoms in total. The summed E-state index contributed by atoms with van der Waals surface area (Å²) in [6.07, 6.45) is 3.17. The fraction of sp³-hybridized carbons (Fsp3) is 0.400. The van der Waals surface area contributed by atoms with Crippen LogP contribution in [0.4, 0.5) is 0 Å². The number of rotatable bonds is 5. The van der Waals surface area contributed by atoms with Gasteiger partial charge in [0.1, 0.15) is 0 Å². The molecule has 0 aliphatic carbocycles. The SMILES string of the molecule is COc1cc(/C=N\NC(=O)C(=O)NCC2CCCO2)cc(I)c1O. The first kappa shape index (κ1) is 18.5. The zero-order chi connectivity index (χ0) is 17.5. The van der Waals surface area contributed by atoms with Gasteiger partial charge in [0.05, 0.1) is 23.0 Å². The van der Waals surface area contributed by atoms with Crippen LogP contribution in [0.3, 0.4) is 0 Å². The van der Waals surface area contributed by atoms with Crippen molar-refractivity contribution in [2.75, 3.05) is 20.3 Å². The van der Waals surface area contributed by atoms with Crippen LogP contribution in [-0.4, -0.2) is 49.5 Å². The lowest BCUT2D eigenvalue weighted by Gasteiger charge is -2.09. The highest BCUT2D eigenvalue weighted by Gasteiger charge is 2.19. The molecule has 1 atom stereocenters. The number of methoxy groups -OCH3 is 1. The third-order valence-electron chi connectivity index (χ3n) is 3.37. The summed E-state index contributed by atoms with van der Waals surface area (Å²) < 4.78 is 11.0. The maximum Gasteiger partial charge on any atom is 0.329 e. The topological polar surface area (TPSA) is 109 Å². The van der Waals surface area contributed by atoms with Crippen molar-refractivity contribution in [3.8, 4) is 11.5 Å². The largest absolute Gasteiger partial charge is 0.504 e. The first-order chi connectivity index (χ1) is 11.5. The van der Waals surface area contributed by atoms with Gasteiger partial charge < -0.3 is 19.9 Å². The van der Waals surface area contributed by atoms with Crippen LogP contribution in [0.25, 0.3) is 0 Å². The van der Waals surface area contributed by atoms with E-state index >= 15 is 0 Å². The van der Waals surface area contributed by atoms with Gasteiger partial charge in [-0.25, -0.2) is 5.43 Å². The van der Waals surface area contributed by atoms with Crippen molar-refractivity contribution in [2.45, 2.75) is 18.9 Å². The van der Waals surface area contributed by atoms with Gasteiger partial charge in [-0.2, -0.15) is 5.10 Å². The van der Waals surface area contributed by atoms with Gasteiger partial charge in [-0.3, -0.25) is 9.59 Å². The van der Waals surface area contributed by atoms with E-state index in [2.05, 4.69) is 15.8 Å². The van der Waals surface area contributed by atoms with Crippen molar-refractivity contribution in [3.63, 3.8) is 0 Å². The number of phenolic OH excluding ortho intramolecular Hbond substituents is 1. The Morgan fingerprint density at radius 1 is 1.50 bits per heavy atom. The molecule has 1 unspecified atom stereocenters. The predicted octanol–water partition coefficient (Wildman–Crippen LogP) is 0.751. The Morgan fingerprint density at radius 2 is 2.29 bits per heavy atom. The van der Waals surface area contributed by atoms with Crippen molar-refractivity contribution >= 4 is 40.6 Å². The molecule has 130 valence electrons. The lowest BCUT2D eigenvalue weighted by molar-refractivity contribution is -0.139. The number of hydrogen-bond donors (Lipinski definition) is 3. The molecule has 1 aliphatic heterocycles. The molecule has 1 aromatic rings. The molecule has 3 N–H and O–H groups in total. The average molecular weight is 447 g/mol. The lowest BCUT2D eigenvalue weighted by atomic mass is 10.2. The van der Waals surface area contributed by atoms with Gasteiger partial charge in [-0.05, 0) is 53.1 Å². The van der Waals surface area contributed by atoms with Gasteiger partial charge in [0.25, 0.3) is 0 Å². The molecular weight excluding hydrogens is 429 g/mol. The second kappa shape index (κ2) is 8.83. The summed E-state index contributed by atoms with van der Waals surface area (Å²) in [6, 6.07) is 3.22. The van der Waals surface area contributed by atoms with E-state index in [1.54, 1.807) is 12.1 Å². The average Bonchev–Trinajstić information content (AvgIpc) is 3.09. The number of ether oxygens (including phenoxy) is 2. The Bertz CT molecular complexity index is 644. The summed E-state index contributed by atoms with van der Waals surface area (Å²) in [6.45, 7) is 0.995. The summed E-state index contributed by atoms with van der Waals surface area (Å²) in [5.41, 5.74) is 2.76. The summed E-state index contributed by atoms with van der Waals surface area (Å²) in [5.74, 6) is -1.29. The summed E-state index contributed by atoms with van der Waals surface area (Å²) in [7, 11) is 1.44. The lowest BCUT2D eigenvalue weighted by Crippen LogP contribution is -2.41. The van der Waals surface area contributed by atoms with Crippen molar-refractivity contribution in [3.05, 3.63) is 21.3 Å². The van der Waals surface area contributed by atoms with E-state index in [-0.39, 0.29) is 11.9 Å². The van der Waals surface area contributed by atoms with E-state index in [4.69, 9.17) is 9.47 Å². The minimum atomic E-state index is -0.857. The summed E-state index contributed by atoms with van der Waals surface area (Å²) >= 11 is 1.95. The number of halogens is 1. The van der Waals surface area contributed by atoms with Crippen LogP contribution in [-0.2, 0) is 14.3 Å². The van der Waals surface area contributed by atoms with E-state index < -0.39 is 11.8 Å². The third kappa shape index (κ3) is 5.06. The van der Waals surface area contributed by atoms with E-state index in [0.29, 0.717) is 28.0 Å². The molecule has 1 saturated heterocycles. The van der Waals surface area contributed by atoms with Gasteiger partial charge in [-0.15, -0.1) is 0 Å². The van der Waals surface area contributed by atoms with Crippen LogP contribution in [0.2, 0.25) is 0 Å². The fourth-order valence-corrected chi connectivity index (χ4v) is 2.76. The first-order valence-corrected chi connectivity index (χ1v) is 8.38. The molecule has 0 bridgehead atoms. The molecule has 1 fully saturated rings. The minimum Gasteiger partial charge on any atom is -0.504 e. The van der Waals surface area contributed by atoms with Gasteiger partial charge in [-0.1, -0.05) is 0 Å². The van der Waals surface area contributed by atoms with Gasteiger partial charge >= 0.3 is 11.8 Å². The quantitative estimate of drug-likeness (QED) is 0.267. The van der Waals surface area contributed by atoms with E-state index in [9.17, 15) is 14.7 Å². The number of aromatic hydroxyl groups is 1. The number of hydrazone groups is 1. The van der Waals surface area contributed by atoms with Crippen LogP contribution >= 0.6 is 22.6 Å². The van der Waals surface area contributed by atoms with Crippen LogP contribution in [0.15, 0.2) is 17.2 Å². The zero-order valence-corrected chi connectivity index (χ0v) is 15.2. The van der Waals surface area contributed by atoms with E-state index in [1.807, 2.05) is 22.6 Å². The number of benzene rings is 1. The Hall–Kier alpha value is -1.88. The smallest absolute Gasteiger partial charge is 0.329 e. The molecular formula is C15H18IN3O5. The van der Waals surface area contributed by atoms with Crippen LogP contribution in [0, 0.1) is 3.57 Å². The van der Waals surface area contributed by atoms with Crippen molar-refractivity contribution in [1.82, 2.24) is 10.7 Å². The summed E-state index contributed by atoms with van der Waals surface area (Å²) in [4.78, 5) is 23.3. The maximum absolute atomic E-state index is 11.6. The molecule has 0 radical (unpaired) electrons. The molecule has 1 heterocycles. The standard InChI is InChI=1S/C15H18IN3O5/c1-23-12-6-9(5-11(16)13(12)20)7-18-19-15(22)14(21)17-8-10-3-2-4-24-10/h5-7,10,20H,2-4,8H2,1H3,(H,17,21)(H,19,22)/b18-7-. The highest BCUT2D eigenvalue weighted by atomic mass is 127. The molecule has 24 heavy (non-hydrogen) atoms. The number of phenols is 1. The summed E-state index contributed by atoms with van der Waals surface area (Å²) in [5, 5.41) is 16.0. The highest BCUT2D eigenvalue weighted by molar-refractivity contribution is 14.1. The van der Waals surface area contributed by atoms with Crippen molar-refractivity contribution in [2.24, 2.45) is 5.10 Å². The van der Waals surface area contributed by atoms with Crippen LogP contribution < -0.4 is 15.5 Å². The Morgan fingerprint density at radius 3 is 2.96 bits per heavy atom. The predicted molar refractivity (Wildman–Crippen MR) is 95.1 cm³/mol. The molecule has 1 aliphatic rings. The number of amides is 2. The number of hydrogen-bond acceptors (Lipinski definition) is 6. The van der Waals surface area contributed by atoms with E-state index in [0.717, 1.165) is 12.8 Å². The third-order valence-corrected chi connectivity index (χ3v) is 4.19. The van der Waals surface area contributed by atoms with Crippen LogP contribution in [0.5, 0.6) is 11.5 Å². The molecule has 2 rings (SSSR count). The molecule has 0 aromatic heterocycles. The normalized spacial score (nSPS) is 17.0. The Kier molecular flexibility index (Phi) is 6.79. The maximum atomic E-state index is 11.6. The number of nitrogens with one attached hydrogen (secondary N) is 2. The number of nitrogens with zero attached hydrogens (tertiary/aromatic N) is 1. The van der Waals surface area contributed by atoms with Crippen molar-refractivity contribution < 1.29 is 24.2 Å². The molecule has 2 amide bonds. The van der Waals surface area contributed by atoms with Gasteiger partial charge in [0.15, 0.2) is 11.5 Å². The zero-order valence-electron chi connectivity index (χ0n) is 13.0. The van der Waals surface area contributed by atoms with Gasteiger partial charge in [0, 0.05) is 13.2 Å². The number of carbonyl (C=O) groups is 2. The monoisotopic (exact) mass is 447 g/mol. The Balaban J connectivity index is 1.85. The first-order valence-electron chi connectivity index (χ1n) is 7.30. The van der Waals surface area contributed by atoms with Gasteiger partial charge in [0.2, 0.25) is 0 Å². The molecule has 1 aromatic carbocycles. The number of carbonyl (C=O) groups excluding carboxylic acids is 2. The highest BCUT2D eigenvalue weighted by Crippen LogP contribution is 2.31. The van der Waals surface area contributed by atoms with Crippen LogP contribution in [0.1, 0.15) is 18.4 Å². The second-order valence-electron chi connectivity index (χ2n) is 5.10. The van der Waals surface area contributed by atoms with E-state index in [1.165, 1.54) is 13.3 Å². The van der Waals surface area contributed by atoms with Crippen molar-refractivity contribution in [1.29, 1.82) is 0 Å². The minimum absolute atomic E-state index is 0.0308. The second-order valence-corrected chi connectivity index (χ2v) is 6.26. The molecule has 0 saturated carbocycles. The molecule has 0 spiro atoms. The fourth-order valence-electron chi connectivity index (χ4n) is 2.13. The molecule has 9 heteroatoms.